The first-order chi connectivity index (χ1) is 15.9. The molecule has 170 valence electrons. The largest absolute Gasteiger partial charge is 0.496 e. The first kappa shape index (κ1) is 22.5. The van der Waals surface area contributed by atoms with Crippen LogP contribution in [0.1, 0.15) is 35.2 Å². The van der Waals surface area contributed by atoms with Crippen LogP contribution >= 0.6 is 11.5 Å². The fraction of sp³-hybridized carbons (Fsp3) is 0.250. The molecular weight excluding hydrogens is 442 g/mol. The molecular formula is C24H23N3O5S. The lowest BCUT2D eigenvalue weighted by atomic mass is 9.81. The van der Waals surface area contributed by atoms with Crippen LogP contribution in [0.15, 0.2) is 59.8 Å². The van der Waals surface area contributed by atoms with Crippen LogP contribution in [0.2, 0.25) is 0 Å². The third kappa shape index (κ3) is 4.45. The van der Waals surface area contributed by atoms with E-state index in [4.69, 9.17) is 9.47 Å². The minimum atomic E-state index is -0.515. The van der Waals surface area contributed by atoms with Gasteiger partial charge in [-0.2, -0.15) is 4.37 Å². The lowest BCUT2D eigenvalue weighted by Crippen LogP contribution is -2.24. The van der Waals surface area contributed by atoms with Crippen molar-refractivity contribution in [3.8, 4) is 5.75 Å². The second-order valence-corrected chi connectivity index (χ2v) is 8.43. The molecule has 33 heavy (non-hydrogen) atoms. The maximum Gasteiger partial charge on any atom is 0.336 e. The van der Waals surface area contributed by atoms with Gasteiger partial charge in [-0.3, -0.25) is 10.1 Å². The van der Waals surface area contributed by atoms with Crippen LogP contribution in [0.5, 0.6) is 5.75 Å². The standard InChI is InChI=1S/C24H23N3O5S/c1-14-21(24(28)32-12-11-16-7-4-5-10-19(16)31-3)22(20-15(2)26-33-23(20)25-14)17-8-6-9-18(13-17)27(29)30/h4-10,13,22,25H,11-12H2,1-3H3. The second kappa shape index (κ2) is 9.41. The Hall–Kier alpha value is -3.72. The number of benzene rings is 2. The highest BCUT2D eigenvalue weighted by atomic mass is 32.1. The van der Waals surface area contributed by atoms with Gasteiger partial charge in [0, 0.05) is 35.7 Å². The Morgan fingerprint density at radius 1 is 1.21 bits per heavy atom. The zero-order valence-corrected chi connectivity index (χ0v) is 19.3. The van der Waals surface area contributed by atoms with Crippen LogP contribution in [0.3, 0.4) is 0 Å². The Labute approximate surface area is 195 Å². The fourth-order valence-electron chi connectivity index (χ4n) is 4.07. The average molecular weight is 466 g/mol. The van der Waals surface area contributed by atoms with E-state index in [1.807, 2.05) is 31.2 Å². The molecule has 3 aromatic rings. The highest BCUT2D eigenvalue weighted by molar-refractivity contribution is 7.10. The summed E-state index contributed by atoms with van der Waals surface area (Å²) in [5.74, 6) is -0.247. The maximum atomic E-state index is 13.3. The molecule has 9 heteroatoms. The Morgan fingerprint density at radius 3 is 2.76 bits per heavy atom. The predicted molar refractivity (Wildman–Crippen MR) is 126 cm³/mol. The summed E-state index contributed by atoms with van der Waals surface area (Å²) in [6.45, 7) is 3.84. The molecule has 1 aliphatic rings. The Bertz CT molecular complexity index is 1250. The van der Waals surface area contributed by atoms with Gasteiger partial charge in [-0.1, -0.05) is 30.3 Å². The molecule has 1 unspecified atom stereocenters. The molecule has 0 saturated heterocycles. The fourth-order valence-corrected chi connectivity index (χ4v) is 4.96. The number of hydrogen-bond acceptors (Lipinski definition) is 8. The molecule has 0 radical (unpaired) electrons. The zero-order valence-electron chi connectivity index (χ0n) is 18.5. The molecule has 1 aromatic heterocycles. The van der Waals surface area contributed by atoms with Crippen molar-refractivity contribution in [3.05, 3.63) is 92.3 Å². The number of carbonyl (C=O) groups is 1. The number of nitro benzene ring substituents is 1. The molecule has 1 N–H and O–H groups in total. The molecule has 0 saturated carbocycles. The summed E-state index contributed by atoms with van der Waals surface area (Å²) in [7, 11) is 1.60. The van der Waals surface area contributed by atoms with Crippen LogP contribution in [-0.2, 0) is 16.0 Å². The molecule has 1 atom stereocenters. The molecule has 2 aromatic carbocycles. The minimum Gasteiger partial charge on any atom is -0.496 e. The van der Waals surface area contributed by atoms with Gasteiger partial charge in [0.05, 0.1) is 29.9 Å². The Morgan fingerprint density at radius 2 is 2.00 bits per heavy atom. The van der Waals surface area contributed by atoms with Crippen LogP contribution < -0.4 is 10.1 Å². The van der Waals surface area contributed by atoms with Crippen molar-refractivity contribution in [2.24, 2.45) is 0 Å². The van der Waals surface area contributed by atoms with Crippen molar-refractivity contribution >= 4 is 28.2 Å². The number of anilines is 1. The molecule has 0 bridgehead atoms. The predicted octanol–water partition coefficient (Wildman–Crippen LogP) is 4.99. The molecule has 0 spiro atoms. The van der Waals surface area contributed by atoms with Crippen LogP contribution in [0.25, 0.3) is 0 Å². The average Bonchev–Trinajstić information content (AvgIpc) is 3.18. The van der Waals surface area contributed by atoms with Crippen LogP contribution in [-0.4, -0.2) is 29.0 Å². The van der Waals surface area contributed by atoms with E-state index in [0.29, 0.717) is 23.3 Å². The number of carbonyl (C=O) groups excluding carboxylic acids is 1. The number of nitrogens with one attached hydrogen (secondary N) is 1. The van der Waals surface area contributed by atoms with Gasteiger partial charge < -0.3 is 14.8 Å². The van der Waals surface area contributed by atoms with Crippen LogP contribution in [0.4, 0.5) is 10.7 Å². The molecule has 0 fully saturated rings. The quantitative estimate of drug-likeness (QED) is 0.298. The first-order valence-corrected chi connectivity index (χ1v) is 11.2. The summed E-state index contributed by atoms with van der Waals surface area (Å²) in [4.78, 5) is 24.2. The number of methoxy groups -OCH3 is 1. The van der Waals surface area contributed by atoms with E-state index in [9.17, 15) is 14.9 Å². The third-order valence-electron chi connectivity index (χ3n) is 5.62. The normalized spacial score (nSPS) is 14.9. The Kier molecular flexibility index (Phi) is 6.41. The number of fused-ring (bicyclic) bond motifs is 1. The van der Waals surface area contributed by atoms with Crippen molar-refractivity contribution in [1.29, 1.82) is 0 Å². The van der Waals surface area contributed by atoms with Gasteiger partial charge in [0.25, 0.3) is 5.69 Å². The van der Waals surface area contributed by atoms with Crippen molar-refractivity contribution < 1.29 is 19.2 Å². The van der Waals surface area contributed by atoms with Crippen molar-refractivity contribution in [3.63, 3.8) is 0 Å². The monoisotopic (exact) mass is 465 g/mol. The molecule has 8 nitrogen and oxygen atoms in total. The number of para-hydroxylation sites is 1. The number of ether oxygens (including phenoxy) is 2. The summed E-state index contributed by atoms with van der Waals surface area (Å²) < 4.78 is 15.5. The van der Waals surface area contributed by atoms with Gasteiger partial charge in [-0.05, 0) is 42.6 Å². The van der Waals surface area contributed by atoms with Gasteiger partial charge >= 0.3 is 5.97 Å². The zero-order chi connectivity index (χ0) is 23.5. The number of hydrogen-bond donors (Lipinski definition) is 1. The summed E-state index contributed by atoms with van der Waals surface area (Å²) in [5, 5.41) is 15.5. The number of aromatic nitrogens is 1. The van der Waals surface area contributed by atoms with E-state index >= 15 is 0 Å². The number of rotatable bonds is 7. The SMILES string of the molecule is COc1ccccc1CCOC(=O)C1=C(C)Nc2snc(C)c2C1c1cccc([N+](=O)[O-])c1. The van der Waals surface area contributed by atoms with Gasteiger partial charge in [0.1, 0.15) is 10.8 Å². The van der Waals surface area contributed by atoms with E-state index in [2.05, 4.69) is 9.69 Å². The molecule has 1 aliphatic heterocycles. The number of allylic oxidation sites excluding steroid dienone is 1. The topological polar surface area (TPSA) is 104 Å². The maximum absolute atomic E-state index is 13.3. The number of non-ortho nitro benzene ring substituents is 1. The van der Waals surface area contributed by atoms with E-state index < -0.39 is 16.8 Å². The van der Waals surface area contributed by atoms with Crippen molar-refractivity contribution in [2.75, 3.05) is 19.0 Å². The van der Waals surface area contributed by atoms with Gasteiger partial charge in [0.15, 0.2) is 0 Å². The number of esters is 1. The van der Waals surface area contributed by atoms with E-state index in [1.165, 1.54) is 23.7 Å². The van der Waals surface area contributed by atoms with Crippen molar-refractivity contribution in [1.82, 2.24) is 4.37 Å². The van der Waals surface area contributed by atoms with Gasteiger partial charge in [-0.15, -0.1) is 0 Å². The lowest BCUT2D eigenvalue weighted by molar-refractivity contribution is -0.384. The highest BCUT2D eigenvalue weighted by Gasteiger charge is 2.36. The molecule has 0 amide bonds. The van der Waals surface area contributed by atoms with Crippen molar-refractivity contribution in [2.45, 2.75) is 26.2 Å². The third-order valence-corrected chi connectivity index (χ3v) is 6.49. The van der Waals surface area contributed by atoms with E-state index in [0.717, 1.165) is 27.6 Å². The van der Waals surface area contributed by atoms with Crippen LogP contribution in [0, 0.1) is 17.0 Å². The molecule has 2 heterocycles. The smallest absolute Gasteiger partial charge is 0.336 e. The van der Waals surface area contributed by atoms with E-state index in [1.54, 1.807) is 26.2 Å². The lowest BCUT2D eigenvalue weighted by Gasteiger charge is -2.28. The molecule has 0 aliphatic carbocycles. The van der Waals surface area contributed by atoms with E-state index in [-0.39, 0.29) is 12.3 Å². The second-order valence-electron chi connectivity index (χ2n) is 7.66. The highest BCUT2D eigenvalue weighted by Crippen LogP contribution is 2.46. The van der Waals surface area contributed by atoms with Gasteiger partial charge in [0.2, 0.25) is 0 Å². The minimum absolute atomic E-state index is 0.0324. The number of nitrogens with zero attached hydrogens (tertiary/aromatic N) is 2. The molecule has 4 rings (SSSR count). The summed E-state index contributed by atoms with van der Waals surface area (Å²) in [5.41, 5.74) is 4.22. The Balaban J connectivity index is 1.64. The summed E-state index contributed by atoms with van der Waals surface area (Å²) in [6.07, 6.45) is 0.501. The van der Waals surface area contributed by atoms with Gasteiger partial charge in [-0.25, -0.2) is 4.79 Å². The summed E-state index contributed by atoms with van der Waals surface area (Å²) in [6, 6.07) is 13.9. The number of aryl methyl sites for hydroxylation is 1. The number of nitro groups is 1. The summed E-state index contributed by atoms with van der Waals surface area (Å²) >= 11 is 1.30. The first-order valence-electron chi connectivity index (χ1n) is 10.4.